The zero-order chi connectivity index (χ0) is 10.8. The number of aromatic hydroxyl groups is 2. The van der Waals surface area contributed by atoms with Gasteiger partial charge in [-0.2, -0.15) is 0 Å². The summed E-state index contributed by atoms with van der Waals surface area (Å²) in [6.07, 6.45) is 0.930. The molecule has 0 aromatic carbocycles. The number of nitrogens with zero attached hydrogens (tertiary/aromatic N) is 2. The highest BCUT2D eigenvalue weighted by atomic mass is 16.3. The molecule has 0 saturated heterocycles. The molecule has 4 nitrogen and oxygen atoms in total. The van der Waals surface area contributed by atoms with Gasteiger partial charge in [0, 0.05) is 25.1 Å². The second kappa shape index (κ2) is 3.92. The van der Waals surface area contributed by atoms with Gasteiger partial charge < -0.3 is 14.7 Å². The molecule has 0 bridgehead atoms. The lowest BCUT2D eigenvalue weighted by Crippen LogP contribution is -2.35. The van der Waals surface area contributed by atoms with Crippen molar-refractivity contribution in [3.05, 3.63) is 12.1 Å². The third-order valence-corrected chi connectivity index (χ3v) is 2.15. The number of quaternary nitrogens is 1. The summed E-state index contributed by atoms with van der Waals surface area (Å²) in [7, 11) is 6.36. The molecule has 80 valence electrons. The van der Waals surface area contributed by atoms with Crippen LogP contribution in [0, 0.1) is 0 Å². The highest BCUT2D eigenvalue weighted by Crippen LogP contribution is 2.21. The average Bonchev–Trinajstić information content (AvgIpc) is 2.33. The number of hydrogen-bond acceptors (Lipinski definition) is 2. The molecule has 4 heteroatoms. The molecule has 0 amide bonds. The molecule has 1 aromatic rings. The van der Waals surface area contributed by atoms with E-state index in [0.29, 0.717) is 6.54 Å². The van der Waals surface area contributed by atoms with Crippen molar-refractivity contribution in [2.75, 3.05) is 27.7 Å². The second-order valence-corrected chi connectivity index (χ2v) is 4.57. The fraction of sp³-hybridized carbons (Fsp3) is 0.600. The zero-order valence-corrected chi connectivity index (χ0v) is 9.06. The van der Waals surface area contributed by atoms with E-state index in [2.05, 4.69) is 21.1 Å². The summed E-state index contributed by atoms with van der Waals surface area (Å²) in [5, 5.41) is 18.7. The van der Waals surface area contributed by atoms with Gasteiger partial charge in [-0.15, -0.1) is 0 Å². The lowest BCUT2D eigenvalue weighted by Gasteiger charge is -2.23. The predicted octanol–water partition coefficient (Wildman–Crippen LogP) is 0.996. The van der Waals surface area contributed by atoms with E-state index >= 15 is 0 Å². The van der Waals surface area contributed by atoms with Crippen LogP contribution in [0.3, 0.4) is 0 Å². The summed E-state index contributed by atoms with van der Waals surface area (Å²) >= 11 is 0. The minimum Gasteiger partial charge on any atom is -0.494 e. The van der Waals surface area contributed by atoms with Crippen molar-refractivity contribution in [1.82, 2.24) is 4.57 Å². The van der Waals surface area contributed by atoms with Gasteiger partial charge >= 0.3 is 0 Å². The van der Waals surface area contributed by atoms with E-state index in [-0.39, 0.29) is 11.8 Å². The highest BCUT2D eigenvalue weighted by Gasteiger charge is 2.09. The van der Waals surface area contributed by atoms with E-state index in [4.69, 9.17) is 0 Å². The molecular formula is C10H19N2O2+. The maximum atomic E-state index is 9.36. The van der Waals surface area contributed by atoms with Crippen molar-refractivity contribution >= 4 is 0 Å². The smallest absolute Gasteiger partial charge is 0.193 e. The van der Waals surface area contributed by atoms with Crippen LogP contribution in [-0.4, -0.2) is 47.0 Å². The van der Waals surface area contributed by atoms with Gasteiger partial charge in [0.2, 0.25) is 0 Å². The number of rotatable bonds is 4. The summed E-state index contributed by atoms with van der Waals surface area (Å²) in [6.45, 7) is 1.66. The number of aromatic nitrogens is 1. The molecule has 0 unspecified atom stereocenters. The Morgan fingerprint density at radius 2 is 1.64 bits per heavy atom. The van der Waals surface area contributed by atoms with E-state index in [0.717, 1.165) is 17.4 Å². The maximum absolute atomic E-state index is 9.36. The molecule has 0 aliphatic rings. The van der Waals surface area contributed by atoms with Crippen molar-refractivity contribution in [2.45, 2.75) is 13.0 Å². The van der Waals surface area contributed by atoms with Gasteiger partial charge in [0.15, 0.2) is 11.8 Å². The summed E-state index contributed by atoms with van der Waals surface area (Å²) in [5.41, 5.74) is 0. The minimum atomic E-state index is 0.129. The molecule has 14 heavy (non-hydrogen) atoms. The van der Waals surface area contributed by atoms with Crippen molar-refractivity contribution < 1.29 is 14.7 Å². The van der Waals surface area contributed by atoms with E-state index in [9.17, 15) is 10.2 Å². The van der Waals surface area contributed by atoms with Gasteiger partial charge in [-0.3, -0.25) is 4.57 Å². The molecule has 0 radical (unpaired) electrons. The van der Waals surface area contributed by atoms with Crippen LogP contribution >= 0.6 is 0 Å². The Morgan fingerprint density at radius 3 is 2.07 bits per heavy atom. The minimum absolute atomic E-state index is 0.129. The molecule has 0 aliphatic heterocycles. The Labute approximate surface area is 84.6 Å². The third kappa shape index (κ3) is 2.96. The van der Waals surface area contributed by atoms with Gasteiger partial charge in [-0.1, -0.05) is 0 Å². The first-order valence-electron chi connectivity index (χ1n) is 4.78. The SMILES string of the molecule is C[N+](C)(C)CCCn1c(O)ccc1O. The Balaban J connectivity index is 2.46. The molecule has 1 rings (SSSR count). The van der Waals surface area contributed by atoms with Crippen LogP contribution < -0.4 is 0 Å². The molecule has 1 aromatic heterocycles. The Morgan fingerprint density at radius 1 is 1.14 bits per heavy atom. The van der Waals surface area contributed by atoms with Crippen molar-refractivity contribution in [1.29, 1.82) is 0 Å². The topological polar surface area (TPSA) is 45.4 Å². The Kier molecular flexibility index (Phi) is 3.06. The summed E-state index contributed by atoms with van der Waals surface area (Å²) in [5.74, 6) is 0.257. The molecule has 0 spiro atoms. The summed E-state index contributed by atoms with van der Waals surface area (Å²) in [6, 6.07) is 3.00. The van der Waals surface area contributed by atoms with Crippen molar-refractivity contribution in [2.24, 2.45) is 0 Å². The molecule has 0 fully saturated rings. The zero-order valence-electron chi connectivity index (χ0n) is 9.06. The van der Waals surface area contributed by atoms with E-state index in [1.165, 1.54) is 16.7 Å². The highest BCUT2D eigenvalue weighted by molar-refractivity contribution is 5.23. The van der Waals surface area contributed by atoms with Crippen LogP contribution in [0.15, 0.2) is 12.1 Å². The van der Waals surface area contributed by atoms with Crippen LogP contribution in [0.25, 0.3) is 0 Å². The van der Waals surface area contributed by atoms with Crippen LogP contribution in [0.2, 0.25) is 0 Å². The monoisotopic (exact) mass is 199 g/mol. The van der Waals surface area contributed by atoms with Crippen molar-refractivity contribution in [3.63, 3.8) is 0 Å². The number of hydrogen-bond donors (Lipinski definition) is 2. The van der Waals surface area contributed by atoms with Gasteiger partial charge in [-0.25, -0.2) is 0 Å². The first kappa shape index (κ1) is 10.9. The summed E-state index contributed by atoms with van der Waals surface area (Å²) in [4.78, 5) is 0. The van der Waals surface area contributed by atoms with E-state index < -0.39 is 0 Å². The molecule has 0 atom stereocenters. The van der Waals surface area contributed by atoms with Crippen LogP contribution in [0.5, 0.6) is 11.8 Å². The summed E-state index contributed by atoms with van der Waals surface area (Å²) < 4.78 is 2.40. The van der Waals surface area contributed by atoms with Gasteiger partial charge in [-0.05, 0) is 0 Å². The second-order valence-electron chi connectivity index (χ2n) is 4.57. The van der Waals surface area contributed by atoms with Crippen LogP contribution in [0.1, 0.15) is 6.42 Å². The van der Waals surface area contributed by atoms with E-state index in [1.807, 2.05) is 0 Å². The molecule has 2 N–H and O–H groups in total. The normalized spacial score (nSPS) is 11.9. The standard InChI is InChI=1S/C10H18N2O2/c1-12(2,3)8-4-7-11-9(13)5-6-10(11)14/h5-6H,4,7-8H2,1-3H3,(H-,13,14)/p+1. The predicted molar refractivity (Wildman–Crippen MR) is 55.3 cm³/mol. The molecule has 1 heterocycles. The van der Waals surface area contributed by atoms with Gasteiger partial charge in [0.05, 0.1) is 27.7 Å². The van der Waals surface area contributed by atoms with Crippen LogP contribution in [-0.2, 0) is 6.54 Å². The fourth-order valence-corrected chi connectivity index (χ4v) is 1.38. The lowest BCUT2D eigenvalue weighted by atomic mass is 10.3. The largest absolute Gasteiger partial charge is 0.494 e. The van der Waals surface area contributed by atoms with Gasteiger partial charge in [0.1, 0.15) is 0 Å². The average molecular weight is 199 g/mol. The van der Waals surface area contributed by atoms with E-state index in [1.54, 1.807) is 0 Å². The molecule has 0 aliphatic carbocycles. The first-order chi connectivity index (χ1) is 6.40. The van der Waals surface area contributed by atoms with Crippen LogP contribution in [0.4, 0.5) is 0 Å². The third-order valence-electron chi connectivity index (χ3n) is 2.15. The Hall–Kier alpha value is -1.16. The fourth-order valence-electron chi connectivity index (χ4n) is 1.38. The quantitative estimate of drug-likeness (QED) is 0.710. The van der Waals surface area contributed by atoms with Crippen molar-refractivity contribution in [3.8, 4) is 11.8 Å². The first-order valence-corrected chi connectivity index (χ1v) is 4.78. The molecular weight excluding hydrogens is 180 g/mol. The Bertz CT molecular complexity index is 280. The molecule has 0 saturated carbocycles. The lowest BCUT2D eigenvalue weighted by molar-refractivity contribution is -0.870. The van der Waals surface area contributed by atoms with Gasteiger partial charge in [0.25, 0.3) is 0 Å². The maximum Gasteiger partial charge on any atom is 0.193 e.